The van der Waals surface area contributed by atoms with Gasteiger partial charge in [0.05, 0.1) is 6.54 Å². The van der Waals surface area contributed by atoms with E-state index < -0.39 is 6.10 Å². The summed E-state index contributed by atoms with van der Waals surface area (Å²) in [5.41, 5.74) is 0. The van der Waals surface area contributed by atoms with Crippen LogP contribution in [0.5, 0.6) is 17.2 Å². The molecule has 1 atom stereocenters. The van der Waals surface area contributed by atoms with Crippen molar-refractivity contribution in [3.8, 4) is 17.2 Å². The summed E-state index contributed by atoms with van der Waals surface area (Å²) < 4.78 is 13.0. The van der Waals surface area contributed by atoms with E-state index in [1.807, 2.05) is 54.6 Å². The van der Waals surface area contributed by atoms with Crippen molar-refractivity contribution in [1.29, 1.82) is 0 Å². The molecule has 0 radical (unpaired) electrons. The minimum Gasteiger partial charge on any atom is -0.491 e. The number of aliphatic hydroxyl groups is 1. The summed E-state index contributed by atoms with van der Waals surface area (Å²) in [7, 11) is 0. The lowest BCUT2D eigenvalue weighted by Gasteiger charge is -2.13. The first-order valence-corrected chi connectivity index (χ1v) is 7.26. The average Bonchev–Trinajstić information content (AvgIpc) is 3.08. The molecule has 0 amide bonds. The lowest BCUT2D eigenvalue weighted by atomic mass is 10.3. The number of aromatic nitrogens is 3. The Morgan fingerprint density at radius 1 is 0.870 bits per heavy atom. The fourth-order valence-electron chi connectivity index (χ4n) is 2.03. The quantitative estimate of drug-likeness (QED) is 0.726. The molecule has 1 heterocycles. The van der Waals surface area contributed by atoms with Gasteiger partial charge in [-0.15, -0.1) is 10.2 Å². The molecule has 0 fully saturated rings. The van der Waals surface area contributed by atoms with Crippen LogP contribution in [0.15, 0.2) is 67.3 Å². The monoisotopic (exact) mass is 311 g/mol. The van der Waals surface area contributed by atoms with E-state index in [0.29, 0.717) is 12.3 Å². The number of aliphatic hydroxyl groups excluding tert-OH is 1. The molecule has 1 N–H and O–H groups in total. The number of benzene rings is 2. The molecule has 0 saturated heterocycles. The Morgan fingerprint density at radius 3 is 2.17 bits per heavy atom. The molecule has 0 bridgehead atoms. The Hall–Kier alpha value is -2.86. The maximum atomic E-state index is 9.91. The van der Waals surface area contributed by atoms with Crippen molar-refractivity contribution in [2.24, 2.45) is 0 Å². The third-order valence-electron chi connectivity index (χ3n) is 3.13. The molecule has 23 heavy (non-hydrogen) atoms. The van der Waals surface area contributed by atoms with Gasteiger partial charge in [0.15, 0.2) is 0 Å². The molecule has 3 aromatic rings. The van der Waals surface area contributed by atoms with E-state index in [0.717, 1.165) is 11.5 Å². The zero-order valence-electron chi connectivity index (χ0n) is 12.4. The maximum absolute atomic E-state index is 9.91. The summed E-state index contributed by atoms with van der Waals surface area (Å²) in [6.07, 6.45) is 2.48. The molecule has 2 aromatic carbocycles. The first-order chi connectivity index (χ1) is 11.3. The second-order valence-corrected chi connectivity index (χ2v) is 5.01. The van der Waals surface area contributed by atoms with E-state index in [1.54, 1.807) is 17.2 Å². The highest BCUT2D eigenvalue weighted by Crippen LogP contribution is 2.23. The Kier molecular flexibility index (Phi) is 4.85. The number of nitrogens with zero attached hydrogens (tertiary/aromatic N) is 3. The van der Waals surface area contributed by atoms with Crippen molar-refractivity contribution < 1.29 is 14.6 Å². The smallest absolute Gasteiger partial charge is 0.127 e. The van der Waals surface area contributed by atoms with Crippen LogP contribution in [0.1, 0.15) is 0 Å². The molecule has 118 valence electrons. The summed E-state index contributed by atoms with van der Waals surface area (Å²) in [6.45, 7) is 0.583. The van der Waals surface area contributed by atoms with Gasteiger partial charge in [-0.2, -0.15) is 0 Å². The molecule has 0 aliphatic heterocycles. The van der Waals surface area contributed by atoms with Crippen LogP contribution in [0.3, 0.4) is 0 Å². The number of ether oxygens (including phenoxy) is 2. The Balaban J connectivity index is 1.49. The van der Waals surface area contributed by atoms with Gasteiger partial charge in [0, 0.05) is 0 Å². The zero-order valence-corrected chi connectivity index (χ0v) is 12.4. The molecule has 0 aliphatic carbocycles. The fourth-order valence-corrected chi connectivity index (χ4v) is 2.03. The Morgan fingerprint density at radius 2 is 1.48 bits per heavy atom. The van der Waals surface area contributed by atoms with Gasteiger partial charge in [-0.1, -0.05) is 18.2 Å². The summed E-state index contributed by atoms with van der Waals surface area (Å²) >= 11 is 0. The zero-order chi connectivity index (χ0) is 15.9. The van der Waals surface area contributed by atoms with Crippen molar-refractivity contribution in [1.82, 2.24) is 14.8 Å². The number of rotatable bonds is 7. The number of hydrogen-bond donors (Lipinski definition) is 1. The van der Waals surface area contributed by atoms with Crippen molar-refractivity contribution >= 4 is 0 Å². The van der Waals surface area contributed by atoms with Crippen LogP contribution < -0.4 is 9.47 Å². The minimum absolute atomic E-state index is 0.192. The van der Waals surface area contributed by atoms with Crippen molar-refractivity contribution in [2.75, 3.05) is 6.61 Å². The Bertz CT molecular complexity index is 700. The van der Waals surface area contributed by atoms with Crippen LogP contribution in [0.25, 0.3) is 0 Å². The maximum Gasteiger partial charge on any atom is 0.127 e. The van der Waals surface area contributed by atoms with Gasteiger partial charge in [-0.05, 0) is 36.4 Å². The first-order valence-electron chi connectivity index (χ1n) is 7.26. The van der Waals surface area contributed by atoms with Gasteiger partial charge in [-0.3, -0.25) is 0 Å². The summed E-state index contributed by atoms with van der Waals surface area (Å²) in [5.74, 6) is 2.19. The van der Waals surface area contributed by atoms with Gasteiger partial charge in [-0.25, -0.2) is 0 Å². The molecule has 1 unspecified atom stereocenters. The lowest BCUT2D eigenvalue weighted by Crippen LogP contribution is -2.23. The van der Waals surface area contributed by atoms with Gasteiger partial charge in [0.1, 0.15) is 42.6 Å². The molecule has 6 nitrogen and oxygen atoms in total. The van der Waals surface area contributed by atoms with Crippen LogP contribution >= 0.6 is 0 Å². The third kappa shape index (κ3) is 4.55. The van der Waals surface area contributed by atoms with Crippen LogP contribution in [0.2, 0.25) is 0 Å². The van der Waals surface area contributed by atoms with Crippen LogP contribution in [0, 0.1) is 0 Å². The molecule has 3 rings (SSSR count). The molecule has 0 saturated carbocycles. The normalized spacial score (nSPS) is 11.9. The second kappa shape index (κ2) is 7.42. The molecule has 0 spiro atoms. The highest BCUT2D eigenvalue weighted by Gasteiger charge is 2.06. The number of hydrogen-bond acceptors (Lipinski definition) is 5. The fraction of sp³-hybridized carbons (Fsp3) is 0.176. The molecular formula is C17H17N3O3. The average molecular weight is 311 g/mol. The van der Waals surface area contributed by atoms with E-state index in [2.05, 4.69) is 10.2 Å². The standard InChI is InChI=1S/C17H17N3O3/c21-14(10-20-12-18-19-13-20)11-22-15-6-8-17(9-7-15)23-16-4-2-1-3-5-16/h1-9,12-14,21H,10-11H2. The number of para-hydroxylation sites is 1. The largest absolute Gasteiger partial charge is 0.491 e. The summed E-state index contributed by atoms with van der Waals surface area (Å²) in [4.78, 5) is 0. The lowest BCUT2D eigenvalue weighted by molar-refractivity contribution is 0.0923. The van der Waals surface area contributed by atoms with Crippen LogP contribution in [-0.4, -0.2) is 32.6 Å². The van der Waals surface area contributed by atoms with E-state index in [-0.39, 0.29) is 6.61 Å². The second-order valence-electron chi connectivity index (χ2n) is 5.01. The van der Waals surface area contributed by atoms with Crippen LogP contribution in [0.4, 0.5) is 0 Å². The van der Waals surface area contributed by atoms with E-state index in [9.17, 15) is 5.11 Å². The highest BCUT2D eigenvalue weighted by atomic mass is 16.5. The molecule has 6 heteroatoms. The molecular weight excluding hydrogens is 294 g/mol. The first kappa shape index (κ1) is 15.1. The minimum atomic E-state index is -0.633. The van der Waals surface area contributed by atoms with E-state index >= 15 is 0 Å². The molecule has 0 aliphatic rings. The van der Waals surface area contributed by atoms with Crippen molar-refractivity contribution in [2.45, 2.75) is 12.6 Å². The third-order valence-corrected chi connectivity index (χ3v) is 3.13. The van der Waals surface area contributed by atoms with Crippen molar-refractivity contribution in [3.63, 3.8) is 0 Å². The van der Waals surface area contributed by atoms with Crippen molar-refractivity contribution in [3.05, 3.63) is 67.3 Å². The predicted molar refractivity (Wildman–Crippen MR) is 84.5 cm³/mol. The predicted octanol–water partition coefficient (Wildman–Crippen LogP) is 2.51. The summed E-state index contributed by atoms with van der Waals surface area (Å²) in [5, 5.41) is 17.3. The van der Waals surface area contributed by atoms with Crippen LogP contribution in [-0.2, 0) is 6.54 Å². The van der Waals surface area contributed by atoms with Gasteiger partial charge >= 0.3 is 0 Å². The SMILES string of the molecule is OC(COc1ccc(Oc2ccccc2)cc1)Cn1cnnc1. The van der Waals surface area contributed by atoms with E-state index in [1.165, 1.54) is 0 Å². The summed E-state index contributed by atoms with van der Waals surface area (Å²) in [6, 6.07) is 16.8. The van der Waals surface area contributed by atoms with Gasteiger partial charge < -0.3 is 19.1 Å². The topological polar surface area (TPSA) is 69.4 Å². The Labute approximate surface area is 133 Å². The van der Waals surface area contributed by atoms with Gasteiger partial charge in [0.2, 0.25) is 0 Å². The van der Waals surface area contributed by atoms with Gasteiger partial charge in [0.25, 0.3) is 0 Å². The highest BCUT2D eigenvalue weighted by molar-refractivity contribution is 5.35. The molecule has 1 aromatic heterocycles. The van der Waals surface area contributed by atoms with E-state index in [4.69, 9.17) is 9.47 Å².